The van der Waals surface area contributed by atoms with E-state index in [1.807, 2.05) is 12.1 Å². The number of carbonyl (C=O) groups excluding carboxylic acids is 2. The standard InChI is InChI=1S/C22H24FNO4S/c23-19-9-3-1-6-16(19)11-12-24-21(25)14-28-22(26)18-8-2-4-10-20(18)29-15-17-7-5-13-27-17/h1-4,6,8-10,17H,5,7,11-15H2,(H,24,25)/t17-/m1/s1. The highest BCUT2D eigenvalue weighted by molar-refractivity contribution is 7.99. The number of hydrogen-bond acceptors (Lipinski definition) is 5. The fourth-order valence-corrected chi connectivity index (χ4v) is 4.13. The summed E-state index contributed by atoms with van der Waals surface area (Å²) in [5.74, 6) is -0.477. The fourth-order valence-electron chi connectivity index (χ4n) is 3.02. The number of esters is 1. The molecule has 154 valence electrons. The van der Waals surface area contributed by atoms with E-state index in [4.69, 9.17) is 9.47 Å². The molecule has 1 amide bonds. The van der Waals surface area contributed by atoms with E-state index in [1.165, 1.54) is 6.07 Å². The van der Waals surface area contributed by atoms with Gasteiger partial charge in [0.2, 0.25) is 0 Å². The molecule has 29 heavy (non-hydrogen) atoms. The lowest BCUT2D eigenvalue weighted by Gasteiger charge is -2.12. The number of rotatable bonds is 9. The van der Waals surface area contributed by atoms with Crippen molar-refractivity contribution in [1.29, 1.82) is 0 Å². The van der Waals surface area contributed by atoms with Crippen LogP contribution in [0, 0.1) is 5.82 Å². The Kier molecular flexibility index (Phi) is 8.07. The third-order valence-corrected chi connectivity index (χ3v) is 5.77. The number of hydrogen-bond donors (Lipinski definition) is 1. The highest BCUT2D eigenvalue weighted by Crippen LogP contribution is 2.27. The maximum atomic E-state index is 13.6. The Bertz CT molecular complexity index is 839. The van der Waals surface area contributed by atoms with Gasteiger partial charge in [0.15, 0.2) is 6.61 Å². The Labute approximate surface area is 174 Å². The zero-order valence-corrected chi connectivity index (χ0v) is 16.9. The molecule has 0 aromatic heterocycles. The number of nitrogens with one attached hydrogen (secondary N) is 1. The van der Waals surface area contributed by atoms with Gasteiger partial charge in [-0.15, -0.1) is 11.8 Å². The molecular formula is C22H24FNO4S. The molecular weight excluding hydrogens is 393 g/mol. The predicted molar refractivity (Wildman–Crippen MR) is 110 cm³/mol. The largest absolute Gasteiger partial charge is 0.452 e. The molecule has 1 fully saturated rings. The van der Waals surface area contributed by atoms with Crippen molar-refractivity contribution in [1.82, 2.24) is 5.32 Å². The molecule has 1 saturated heterocycles. The molecule has 5 nitrogen and oxygen atoms in total. The van der Waals surface area contributed by atoms with Gasteiger partial charge in [-0.1, -0.05) is 30.3 Å². The first-order chi connectivity index (χ1) is 14.1. The average molecular weight is 418 g/mol. The van der Waals surface area contributed by atoms with Crippen LogP contribution in [0.5, 0.6) is 0 Å². The molecule has 7 heteroatoms. The second-order valence-corrected chi connectivity index (χ2v) is 7.77. The maximum absolute atomic E-state index is 13.6. The van der Waals surface area contributed by atoms with Crippen LogP contribution in [0.4, 0.5) is 4.39 Å². The first-order valence-corrected chi connectivity index (χ1v) is 10.6. The lowest BCUT2D eigenvalue weighted by atomic mass is 10.1. The number of ether oxygens (including phenoxy) is 2. The Morgan fingerprint density at radius 1 is 1.17 bits per heavy atom. The van der Waals surface area contributed by atoms with Gasteiger partial charge in [0, 0.05) is 23.8 Å². The van der Waals surface area contributed by atoms with Crippen molar-refractivity contribution >= 4 is 23.6 Å². The zero-order chi connectivity index (χ0) is 20.5. The summed E-state index contributed by atoms with van der Waals surface area (Å²) >= 11 is 1.56. The second-order valence-electron chi connectivity index (χ2n) is 6.71. The molecule has 3 rings (SSSR count). The van der Waals surface area contributed by atoms with Crippen LogP contribution in [-0.2, 0) is 20.7 Å². The van der Waals surface area contributed by atoms with Crippen molar-refractivity contribution in [3.05, 3.63) is 65.5 Å². The molecule has 1 atom stereocenters. The van der Waals surface area contributed by atoms with Gasteiger partial charge < -0.3 is 14.8 Å². The topological polar surface area (TPSA) is 64.6 Å². The molecule has 1 N–H and O–H groups in total. The Morgan fingerprint density at radius 2 is 1.97 bits per heavy atom. The Hall–Kier alpha value is -2.38. The number of amides is 1. The molecule has 0 unspecified atom stereocenters. The van der Waals surface area contributed by atoms with Crippen molar-refractivity contribution in [3.8, 4) is 0 Å². The predicted octanol–water partition coefficient (Wildman–Crippen LogP) is 3.61. The van der Waals surface area contributed by atoms with Crippen LogP contribution in [0.1, 0.15) is 28.8 Å². The quantitative estimate of drug-likeness (QED) is 0.499. The van der Waals surface area contributed by atoms with E-state index in [0.717, 1.165) is 30.1 Å². The molecule has 0 bridgehead atoms. The molecule has 1 aliphatic rings. The van der Waals surface area contributed by atoms with Crippen LogP contribution in [0.2, 0.25) is 0 Å². The van der Waals surface area contributed by atoms with Crippen molar-refractivity contribution in [2.75, 3.05) is 25.5 Å². The number of thioether (sulfide) groups is 1. The van der Waals surface area contributed by atoms with E-state index < -0.39 is 11.9 Å². The summed E-state index contributed by atoms with van der Waals surface area (Å²) < 4.78 is 24.3. The summed E-state index contributed by atoms with van der Waals surface area (Å²) in [6.45, 7) is 0.687. The van der Waals surface area contributed by atoms with Crippen LogP contribution in [0.25, 0.3) is 0 Å². The number of halogens is 1. The third kappa shape index (κ3) is 6.58. The van der Waals surface area contributed by atoms with Crippen molar-refractivity contribution in [3.63, 3.8) is 0 Å². The van der Waals surface area contributed by atoms with E-state index in [-0.39, 0.29) is 25.1 Å². The Morgan fingerprint density at radius 3 is 2.76 bits per heavy atom. The maximum Gasteiger partial charge on any atom is 0.339 e. The average Bonchev–Trinajstić information content (AvgIpc) is 3.26. The van der Waals surface area contributed by atoms with Crippen LogP contribution in [0.15, 0.2) is 53.4 Å². The van der Waals surface area contributed by atoms with Crippen molar-refractivity contribution < 1.29 is 23.5 Å². The van der Waals surface area contributed by atoms with Crippen LogP contribution < -0.4 is 5.32 Å². The zero-order valence-electron chi connectivity index (χ0n) is 16.1. The first kappa shape index (κ1) is 21.3. The van der Waals surface area contributed by atoms with E-state index in [9.17, 15) is 14.0 Å². The minimum absolute atomic E-state index is 0.212. The van der Waals surface area contributed by atoms with Gasteiger partial charge in [-0.05, 0) is 43.0 Å². The highest BCUT2D eigenvalue weighted by atomic mass is 32.2. The second kappa shape index (κ2) is 11.0. The molecule has 0 radical (unpaired) electrons. The van der Waals surface area contributed by atoms with E-state index in [0.29, 0.717) is 17.5 Å². The first-order valence-electron chi connectivity index (χ1n) is 9.64. The summed E-state index contributed by atoms with van der Waals surface area (Å²) in [5.41, 5.74) is 0.969. The van der Waals surface area contributed by atoms with Gasteiger partial charge in [0.05, 0.1) is 11.7 Å². The van der Waals surface area contributed by atoms with Gasteiger partial charge >= 0.3 is 5.97 Å². The minimum atomic E-state index is -0.537. The summed E-state index contributed by atoms with van der Waals surface area (Å²) in [4.78, 5) is 25.2. The fraction of sp³-hybridized carbons (Fsp3) is 0.364. The summed E-state index contributed by atoms with van der Waals surface area (Å²) in [5, 5.41) is 2.64. The monoisotopic (exact) mass is 417 g/mol. The lowest BCUT2D eigenvalue weighted by molar-refractivity contribution is -0.124. The summed E-state index contributed by atoms with van der Waals surface area (Å²) in [7, 11) is 0. The van der Waals surface area contributed by atoms with Crippen LogP contribution in [-0.4, -0.2) is 43.5 Å². The van der Waals surface area contributed by atoms with E-state index in [1.54, 1.807) is 42.1 Å². The van der Waals surface area contributed by atoms with E-state index in [2.05, 4.69) is 5.32 Å². The number of benzene rings is 2. The van der Waals surface area contributed by atoms with Crippen LogP contribution in [0.3, 0.4) is 0 Å². The van der Waals surface area contributed by atoms with Gasteiger partial charge in [-0.3, -0.25) is 4.79 Å². The lowest BCUT2D eigenvalue weighted by Crippen LogP contribution is -2.30. The van der Waals surface area contributed by atoms with E-state index >= 15 is 0 Å². The van der Waals surface area contributed by atoms with Crippen LogP contribution >= 0.6 is 11.8 Å². The molecule has 1 heterocycles. The van der Waals surface area contributed by atoms with Crippen molar-refractivity contribution in [2.45, 2.75) is 30.3 Å². The summed E-state index contributed by atoms with van der Waals surface area (Å²) in [6.07, 6.45) is 2.69. The molecule has 2 aromatic rings. The Balaban J connectivity index is 1.43. The number of carbonyl (C=O) groups is 2. The summed E-state index contributed by atoms with van der Waals surface area (Å²) in [6, 6.07) is 13.6. The molecule has 1 aliphatic heterocycles. The molecule has 2 aromatic carbocycles. The molecule has 0 aliphatic carbocycles. The third-order valence-electron chi connectivity index (χ3n) is 4.56. The molecule has 0 saturated carbocycles. The minimum Gasteiger partial charge on any atom is -0.452 e. The normalized spacial score (nSPS) is 15.8. The van der Waals surface area contributed by atoms with Gasteiger partial charge in [0.1, 0.15) is 5.82 Å². The van der Waals surface area contributed by atoms with Gasteiger partial charge in [-0.25, -0.2) is 9.18 Å². The SMILES string of the molecule is O=C(COC(=O)c1ccccc1SC[C@H]1CCCO1)NCCc1ccccc1F. The van der Waals surface area contributed by atoms with Crippen molar-refractivity contribution in [2.24, 2.45) is 0 Å². The van der Waals surface area contributed by atoms with Gasteiger partial charge in [0.25, 0.3) is 5.91 Å². The highest BCUT2D eigenvalue weighted by Gasteiger charge is 2.19. The van der Waals surface area contributed by atoms with Gasteiger partial charge in [-0.2, -0.15) is 0 Å². The smallest absolute Gasteiger partial charge is 0.339 e. The molecule has 0 spiro atoms.